The van der Waals surface area contributed by atoms with Crippen molar-refractivity contribution < 1.29 is 10.2 Å². The maximum absolute atomic E-state index is 10.2. The Morgan fingerprint density at radius 1 is 0.355 bits per heavy atom. The first-order valence-electron chi connectivity index (χ1n) is 14.6. The Hall–Kier alpha value is -0.0800. The van der Waals surface area contributed by atoms with E-state index in [1.54, 1.807) is 0 Å². The van der Waals surface area contributed by atoms with Crippen molar-refractivity contribution in [3.63, 3.8) is 0 Å². The Morgan fingerprint density at radius 3 is 0.839 bits per heavy atom. The number of unbranched alkanes of at least 4 members (excludes halogenated alkanes) is 20. The number of hydrogen-bond acceptors (Lipinski definition) is 2. The molecule has 0 aromatic heterocycles. The van der Waals surface area contributed by atoms with Crippen LogP contribution in [0.15, 0.2) is 0 Å². The number of aliphatic hydroxyl groups excluding tert-OH is 2. The molecule has 0 aromatic rings. The van der Waals surface area contributed by atoms with Gasteiger partial charge in [-0.1, -0.05) is 155 Å². The molecule has 2 unspecified atom stereocenters. The van der Waals surface area contributed by atoms with Gasteiger partial charge in [0.1, 0.15) is 0 Å². The molecule has 0 spiro atoms. The highest BCUT2D eigenvalue weighted by molar-refractivity contribution is 4.64. The van der Waals surface area contributed by atoms with Crippen molar-refractivity contribution in [2.24, 2.45) is 0 Å². The molecule has 0 amide bonds. The highest BCUT2D eigenvalue weighted by Crippen LogP contribution is 2.16. The Balaban J connectivity index is 3.29. The van der Waals surface area contributed by atoms with Crippen LogP contribution in [-0.2, 0) is 0 Å². The second-order valence-electron chi connectivity index (χ2n) is 10.2. The predicted octanol–water partition coefficient (Wildman–Crippen LogP) is 9.50. The van der Waals surface area contributed by atoms with Gasteiger partial charge in [-0.05, 0) is 19.3 Å². The average Bonchev–Trinajstić information content (AvgIpc) is 2.75. The van der Waals surface area contributed by atoms with E-state index in [4.69, 9.17) is 0 Å². The van der Waals surface area contributed by atoms with Crippen molar-refractivity contribution >= 4 is 0 Å². The van der Waals surface area contributed by atoms with E-state index in [-0.39, 0.29) is 12.2 Å². The Morgan fingerprint density at radius 2 is 0.581 bits per heavy atom. The molecule has 0 saturated heterocycles. The van der Waals surface area contributed by atoms with Gasteiger partial charge >= 0.3 is 0 Å². The van der Waals surface area contributed by atoms with Gasteiger partial charge in [0, 0.05) is 0 Å². The van der Waals surface area contributed by atoms with Gasteiger partial charge in [0.05, 0.1) is 12.2 Å². The molecular formula is C29H60O2. The molecule has 0 radical (unpaired) electrons. The first-order valence-corrected chi connectivity index (χ1v) is 14.6. The van der Waals surface area contributed by atoms with Crippen LogP contribution in [0.3, 0.4) is 0 Å². The van der Waals surface area contributed by atoms with Crippen molar-refractivity contribution in [3.8, 4) is 0 Å². The molecule has 0 aromatic carbocycles. The van der Waals surface area contributed by atoms with Crippen molar-refractivity contribution in [1.29, 1.82) is 0 Å². The molecule has 0 aliphatic rings. The molecule has 0 fully saturated rings. The zero-order valence-corrected chi connectivity index (χ0v) is 21.7. The zero-order chi connectivity index (χ0) is 22.8. The van der Waals surface area contributed by atoms with Crippen LogP contribution in [0.25, 0.3) is 0 Å². The van der Waals surface area contributed by atoms with Crippen molar-refractivity contribution in [1.82, 2.24) is 0 Å². The second-order valence-corrected chi connectivity index (χ2v) is 10.2. The van der Waals surface area contributed by atoms with E-state index in [9.17, 15) is 10.2 Å². The lowest BCUT2D eigenvalue weighted by atomic mass is 9.99. The molecule has 0 aliphatic heterocycles. The maximum Gasteiger partial charge on any atom is 0.0564 e. The topological polar surface area (TPSA) is 40.5 Å². The third kappa shape index (κ3) is 26.1. The van der Waals surface area contributed by atoms with Gasteiger partial charge in [0.25, 0.3) is 0 Å². The van der Waals surface area contributed by atoms with Gasteiger partial charge < -0.3 is 10.2 Å². The van der Waals surface area contributed by atoms with Gasteiger partial charge in [-0.15, -0.1) is 0 Å². The molecule has 188 valence electrons. The summed E-state index contributed by atoms with van der Waals surface area (Å²) < 4.78 is 0. The number of aliphatic hydroxyl groups is 2. The van der Waals surface area contributed by atoms with Crippen molar-refractivity contribution in [3.05, 3.63) is 0 Å². The SMILES string of the molecule is CCCCCCCCCCCCCC(O)CC(O)CCCCCCCCCCCCC. The summed E-state index contributed by atoms with van der Waals surface area (Å²) in [6, 6.07) is 0. The average molecular weight is 441 g/mol. The first-order chi connectivity index (χ1) is 15.2. The lowest BCUT2D eigenvalue weighted by Crippen LogP contribution is -2.17. The van der Waals surface area contributed by atoms with Gasteiger partial charge in [0.15, 0.2) is 0 Å². The fourth-order valence-electron chi connectivity index (χ4n) is 4.64. The van der Waals surface area contributed by atoms with E-state index in [1.807, 2.05) is 0 Å². The van der Waals surface area contributed by atoms with Gasteiger partial charge in [0.2, 0.25) is 0 Å². The zero-order valence-electron chi connectivity index (χ0n) is 21.7. The van der Waals surface area contributed by atoms with E-state index < -0.39 is 0 Å². The van der Waals surface area contributed by atoms with Crippen LogP contribution in [0.1, 0.15) is 174 Å². The third-order valence-electron chi connectivity index (χ3n) is 6.83. The van der Waals surface area contributed by atoms with Crippen molar-refractivity contribution in [2.75, 3.05) is 0 Å². The normalized spacial score (nSPS) is 13.5. The molecule has 0 rings (SSSR count). The van der Waals surface area contributed by atoms with Crippen LogP contribution in [-0.4, -0.2) is 22.4 Å². The molecular weight excluding hydrogens is 380 g/mol. The maximum atomic E-state index is 10.2. The molecule has 31 heavy (non-hydrogen) atoms. The summed E-state index contributed by atoms with van der Waals surface area (Å²) in [4.78, 5) is 0. The van der Waals surface area contributed by atoms with Crippen LogP contribution in [0.4, 0.5) is 0 Å². The van der Waals surface area contributed by atoms with Gasteiger partial charge in [-0.3, -0.25) is 0 Å². The number of hydrogen-bond donors (Lipinski definition) is 2. The summed E-state index contributed by atoms with van der Waals surface area (Å²) in [5, 5.41) is 20.4. The fraction of sp³-hybridized carbons (Fsp3) is 1.00. The smallest absolute Gasteiger partial charge is 0.0564 e. The van der Waals surface area contributed by atoms with Crippen LogP contribution >= 0.6 is 0 Å². The predicted molar refractivity (Wildman–Crippen MR) is 139 cm³/mol. The van der Waals surface area contributed by atoms with Gasteiger partial charge in [-0.25, -0.2) is 0 Å². The summed E-state index contributed by atoms with van der Waals surface area (Å²) in [5.41, 5.74) is 0. The summed E-state index contributed by atoms with van der Waals surface area (Å²) in [6.45, 7) is 4.55. The summed E-state index contributed by atoms with van der Waals surface area (Å²) in [7, 11) is 0. The van der Waals surface area contributed by atoms with E-state index in [0.717, 1.165) is 25.7 Å². The minimum atomic E-state index is -0.304. The molecule has 2 nitrogen and oxygen atoms in total. The second kappa shape index (κ2) is 26.2. The minimum Gasteiger partial charge on any atom is -0.393 e. The Labute approximate surface area is 197 Å². The quantitative estimate of drug-likeness (QED) is 0.131. The molecule has 0 aliphatic carbocycles. The fourth-order valence-corrected chi connectivity index (χ4v) is 4.64. The van der Waals surface area contributed by atoms with Crippen LogP contribution < -0.4 is 0 Å². The van der Waals surface area contributed by atoms with E-state index in [1.165, 1.54) is 128 Å². The van der Waals surface area contributed by atoms with Crippen molar-refractivity contribution in [2.45, 2.75) is 187 Å². The Kier molecular flexibility index (Phi) is 26.1. The highest BCUT2D eigenvalue weighted by Gasteiger charge is 2.11. The summed E-state index contributed by atoms with van der Waals surface area (Å²) in [6.07, 6.45) is 31.3. The monoisotopic (exact) mass is 440 g/mol. The minimum absolute atomic E-state index is 0.304. The lowest BCUT2D eigenvalue weighted by Gasteiger charge is -2.15. The summed E-state index contributed by atoms with van der Waals surface area (Å²) >= 11 is 0. The van der Waals surface area contributed by atoms with Crippen LogP contribution in [0, 0.1) is 0 Å². The molecule has 2 heteroatoms. The van der Waals surface area contributed by atoms with E-state index in [2.05, 4.69) is 13.8 Å². The largest absolute Gasteiger partial charge is 0.393 e. The Bertz CT molecular complexity index is 288. The van der Waals surface area contributed by atoms with Crippen LogP contribution in [0.2, 0.25) is 0 Å². The standard InChI is InChI=1S/C29H60O2/c1-3-5-7-9-11-13-15-17-19-21-23-25-28(30)27-29(31)26-24-22-20-18-16-14-12-10-8-6-4-2/h28-31H,3-27H2,1-2H3. The molecule has 0 bridgehead atoms. The third-order valence-corrected chi connectivity index (χ3v) is 6.83. The molecule has 0 heterocycles. The van der Waals surface area contributed by atoms with E-state index >= 15 is 0 Å². The molecule has 0 saturated carbocycles. The first kappa shape index (κ1) is 30.9. The lowest BCUT2D eigenvalue weighted by molar-refractivity contribution is 0.0680. The summed E-state index contributed by atoms with van der Waals surface area (Å²) in [5.74, 6) is 0. The molecule has 2 N–H and O–H groups in total. The number of rotatable bonds is 26. The highest BCUT2D eigenvalue weighted by atomic mass is 16.3. The van der Waals surface area contributed by atoms with Gasteiger partial charge in [-0.2, -0.15) is 0 Å². The van der Waals surface area contributed by atoms with Crippen LogP contribution in [0.5, 0.6) is 0 Å². The molecule has 2 atom stereocenters. The van der Waals surface area contributed by atoms with E-state index in [0.29, 0.717) is 6.42 Å².